The van der Waals surface area contributed by atoms with E-state index < -0.39 is 0 Å². The number of fused-ring (bicyclic) bond motifs is 3. The molecule has 4 nitrogen and oxygen atoms in total. The Morgan fingerprint density at radius 3 is 2.54 bits per heavy atom. The van der Waals surface area contributed by atoms with Gasteiger partial charge in [0.25, 0.3) is 5.91 Å². The second kappa shape index (κ2) is 6.83. The number of carbonyl (C=O) groups excluding carboxylic acids is 1. The van der Waals surface area contributed by atoms with Crippen molar-refractivity contribution in [2.45, 2.75) is 0 Å². The highest BCUT2D eigenvalue weighted by atomic mass is 35.5. The summed E-state index contributed by atoms with van der Waals surface area (Å²) in [6.07, 6.45) is 1.68. The summed E-state index contributed by atoms with van der Waals surface area (Å²) in [7, 11) is 0. The van der Waals surface area contributed by atoms with Crippen LogP contribution in [-0.2, 0) is 0 Å². The van der Waals surface area contributed by atoms with Crippen molar-refractivity contribution in [2.24, 2.45) is 0 Å². The van der Waals surface area contributed by atoms with Crippen molar-refractivity contribution in [3.63, 3.8) is 0 Å². The smallest absolute Gasteiger partial charge is 0.271 e. The minimum atomic E-state index is -0.287. The zero-order valence-electron chi connectivity index (χ0n) is 13.5. The number of nitrogens with zero attached hydrogens (tertiary/aromatic N) is 1. The minimum Gasteiger partial charge on any atom is -0.298 e. The Bertz CT molecular complexity index is 1140. The van der Waals surface area contributed by atoms with Crippen LogP contribution in [-0.4, -0.2) is 10.9 Å². The van der Waals surface area contributed by atoms with Crippen LogP contribution in [0, 0.1) is 0 Å². The molecule has 1 heterocycles. The molecule has 26 heavy (non-hydrogen) atoms. The lowest BCUT2D eigenvalue weighted by Gasteiger charge is -2.12. The van der Waals surface area contributed by atoms with Crippen molar-refractivity contribution in [1.29, 1.82) is 0 Å². The summed E-state index contributed by atoms with van der Waals surface area (Å²) >= 11 is 11.9. The topological polar surface area (TPSA) is 54.0 Å². The van der Waals surface area contributed by atoms with Gasteiger partial charge in [-0.05, 0) is 41.1 Å². The maximum absolute atomic E-state index is 12.8. The van der Waals surface area contributed by atoms with Crippen LogP contribution < -0.4 is 10.9 Å². The molecule has 1 aromatic heterocycles. The van der Waals surface area contributed by atoms with Gasteiger partial charge in [-0.1, -0.05) is 53.5 Å². The Hall–Kier alpha value is -2.82. The van der Waals surface area contributed by atoms with E-state index in [1.165, 1.54) is 0 Å². The van der Waals surface area contributed by atoms with E-state index in [2.05, 4.69) is 15.8 Å². The third kappa shape index (κ3) is 3.05. The average Bonchev–Trinajstić information content (AvgIpc) is 2.68. The molecule has 0 radical (unpaired) electrons. The van der Waals surface area contributed by atoms with E-state index in [1.807, 2.05) is 42.5 Å². The second-order valence-electron chi connectivity index (χ2n) is 5.75. The molecule has 0 aliphatic carbocycles. The lowest BCUT2D eigenvalue weighted by atomic mass is 10.0. The molecule has 3 aromatic carbocycles. The Balaban J connectivity index is 1.70. The van der Waals surface area contributed by atoms with Gasteiger partial charge >= 0.3 is 0 Å². The number of pyridine rings is 1. The molecule has 4 aromatic rings. The predicted molar refractivity (Wildman–Crippen MR) is 107 cm³/mol. The fourth-order valence-electron chi connectivity index (χ4n) is 2.87. The van der Waals surface area contributed by atoms with Gasteiger partial charge in [-0.2, -0.15) is 0 Å². The first kappa shape index (κ1) is 16.6. The molecule has 6 heteroatoms. The van der Waals surface area contributed by atoms with E-state index in [0.29, 0.717) is 26.8 Å². The number of hydrazine groups is 1. The summed E-state index contributed by atoms with van der Waals surface area (Å²) in [4.78, 5) is 17.2. The lowest BCUT2D eigenvalue weighted by Crippen LogP contribution is -2.29. The van der Waals surface area contributed by atoms with Crippen molar-refractivity contribution in [1.82, 2.24) is 10.4 Å². The summed E-state index contributed by atoms with van der Waals surface area (Å²) in [5.41, 5.74) is 7.32. The number of aromatic nitrogens is 1. The Labute approximate surface area is 159 Å². The Kier molecular flexibility index (Phi) is 4.37. The summed E-state index contributed by atoms with van der Waals surface area (Å²) < 4.78 is 0. The van der Waals surface area contributed by atoms with Gasteiger partial charge in [0.05, 0.1) is 26.8 Å². The van der Waals surface area contributed by atoms with Crippen molar-refractivity contribution < 1.29 is 4.79 Å². The van der Waals surface area contributed by atoms with Gasteiger partial charge in [-0.15, -0.1) is 0 Å². The normalized spacial score (nSPS) is 10.8. The SMILES string of the molecule is O=C(NNc1ccc(Cl)c(Cl)c1)c1cc2ccccc2c2cccnc12. The maximum Gasteiger partial charge on any atom is 0.271 e. The minimum absolute atomic E-state index is 0.287. The van der Waals surface area contributed by atoms with Crippen molar-refractivity contribution >= 4 is 56.5 Å². The third-order valence-corrected chi connectivity index (χ3v) is 4.84. The summed E-state index contributed by atoms with van der Waals surface area (Å²) in [6, 6.07) is 18.6. The first-order chi connectivity index (χ1) is 12.6. The Morgan fingerprint density at radius 1 is 0.885 bits per heavy atom. The number of halogens is 2. The predicted octanol–water partition coefficient (Wildman–Crippen LogP) is 5.45. The lowest BCUT2D eigenvalue weighted by molar-refractivity contribution is 0.0964. The molecule has 4 rings (SSSR count). The van der Waals surface area contributed by atoms with Crippen LogP contribution >= 0.6 is 23.2 Å². The first-order valence-corrected chi connectivity index (χ1v) is 8.67. The number of rotatable bonds is 3. The molecule has 0 fully saturated rings. The number of benzene rings is 3. The van der Waals surface area contributed by atoms with Gasteiger partial charge in [0, 0.05) is 11.6 Å². The molecule has 0 saturated heterocycles. The highest BCUT2D eigenvalue weighted by Gasteiger charge is 2.14. The zero-order chi connectivity index (χ0) is 18.1. The number of carbonyl (C=O) groups is 1. The summed E-state index contributed by atoms with van der Waals surface area (Å²) in [5, 5.41) is 3.83. The van der Waals surface area contributed by atoms with Crippen LogP contribution in [0.2, 0.25) is 10.0 Å². The standard InChI is InChI=1S/C20H13Cl2N3O/c21-17-8-7-13(11-18(17)22)24-25-20(26)16-10-12-4-1-2-5-14(12)15-6-3-9-23-19(15)16/h1-11,24H,(H,25,26). The van der Waals surface area contributed by atoms with E-state index in [1.54, 1.807) is 24.4 Å². The second-order valence-corrected chi connectivity index (χ2v) is 6.57. The van der Waals surface area contributed by atoms with E-state index in [-0.39, 0.29) is 5.91 Å². The van der Waals surface area contributed by atoms with Crippen molar-refractivity contribution in [2.75, 3.05) is 5.43 Å². The molecule has 0 bridgehead atoms. The largest absolute Gasteiger partial charge is 0.298 e. The molecule has 0 saturated carbocycles. The van der Waals surface area contributed by atoms with Crippen molar-refractivity contribution in [3.05, 3.63) is 82.5 Å². The average molecular weight is 382 g/mol. The van der Waals surface area contributed by atoms with Crippen LogP contribution in [0.15, 0.2) is 66.9 Å². The van der Waals surface area contributed by atoms with E-state index in [9.17, 15) is 4.79 Å². The van der Waals surface area contributed by atoms with Crippen LogP contribution in [0.1, 0.15) is 10.4 Å². The Morgan fingerprint density at radius 2 is 1.69 bits per heavy atom. The van der Waals surface area contributed by atoms with Crippen LogP contribution in [0.4, 0.5) is 5.69 Å². The number of anilines is 1. The summed E-state index contributed by atoms with van der Waals surface area (Å²) in [6.45, 7) is 0. The third-order valence-electron chi connectivity index (χ3n) is 4.10. The highest BCUT2D eigenvalue weighted by Crippen LogP contribution is 2.28. The zero-order valence-corrected chi connectivity index (χ0v) is 15.0. The molecule has 0 aliphatic heterocycles. The number of hydrogen-bond donors (Lipinski definition) is 2. The number of amides is 1. The van der Waals surface area contributed by atoms with Gasteiger partial charge in [-0.25, -0.2) is 0 Å². The first-order valence-electron chi connectivity index (χ1n) is 7.91. The van der Waals surface area contributed by atoms with Crippen LogP contribution in [0.25, 0.3) is 21.7 Å². The van der Waals surface area contributed by atoms with E-state index in [0.717, 1.165) is 16.2 Å². The fourth-order valence-corrected chi connectivity index (χ4v) is 3.17. The van der Waals surface area contributed by atoms with Gasteiger partial charge in [0.1, 0.15) is 0 Å². The molecule has 0 atom stereocenters. The number of nitrogens with one attached hydrogen (secondary N) is 2. The van der Waals surface area contributed by atoms with Crippen LogP contribution in [0.3, 0.4) is 0 Å². The molecule has 0 unspecified atom stereocenters. The van der Waals surface area contributed by atoms with Crippen molar-refractivity contribution in [3.8, 4) is 0 Å². The van der Waals surface area contributed by atoms with Gasteiger partial charge < -0.3 is 0 Å². The monoisotopic (exact) mass is 381 g/mol. The number of hydrogen-bond acceptors (Lipinski definition) is 3. The molecule has 0 spiro atoms. The quantitative estimate of drug-likeness (QED) is 0.366. The molecule has 0 aliphatic rings. The van der Waals surface area contributed by atoms with Gasteiger partial charge in [0.15, 0.2) is 0 Å². The molecule has 2 N–H and O–H groups in total. The molecular formula is C20H13Cl2N3O. The highest BCUT2D eigenvalue weighted by molar-refractivity contribution is 6.42. The van der Waals surface area contributed by atoms with E-state index in [4.69, 9.17) is 23.2 Å². The van der Waals surface area contributed by atoms with E-state index >= 15 is 0 Å². The van der Waals surface area contributed by atoms with Gasteiger partial charge in [0.2, 0.25) is 0 Å². The summed E-state index contributed by atoms with van der Waals surface area (Å²) in [5.74, 6) is -0.287. The van der Waals surface area contributed by atoms with Gasteiger partial charge in [-0.3, -0.25) is 20.6 Å². The molecular weight excluding hydrogens is 369 g/mol. The maximum atomic E-state index is 12.8. The van der Waals surface area contributed by atoms with Crippen LogP contribution in [0.5, 0.6) is 0 Å². The fraction of sp³-hybridized carbons (Fsp3) is 0. The molecule has 1 amide bonds. The molecule has 128 valence electrons.